The van der Waals surface area contributed by atoms with Gasteiger partial charge in [-0.3, -0.25) is 0 Å². The quantitative estimate of drug-likeness (QED) is 0.744. The summed E-state index contributed by atoms with van der Waals surface area (Å²) >= 11 is 6.00. The predicted molar refractivity (Wildman–Crippen MR) is 93.7 cm³/mol. The van der Waals surface area contributed by atoms with E-state index in [4.69, 9.17) is 21.1 Å². The lowest BCUT2D eigenvalue weighted by Crippen LogP contribution is -2.26. The number of hydrogen-bond acceptors (Lipinski definition) is 3. The molecule has 2 aromatic carbocycles. The van der Waals surface area contributed by atoms with Gasteiger partial charge in [-0.1, -0.05) is 29.8 Å². The van der Waals surface area contributed by atoms with Crippen LogP contribution >= 0.6 is 11.6 Å². The Morgan fingerprint density at radius 3 is 2.70 bits per heavy atom. The second-order valence-electron chi connectivity index (χ2n) is 5.92. The van der Waals surface area contributed by atoms with Gasteiger partial charge in [-0.05, 0) is 63.2 Å². The van der Waals surface area contributed by atoms with Crippen LogP contribution in [0.15, 0.2) is 48.5 Å². The summed E-state index contributed by atoms with van der Waals surface area (Å²) in [4.78, 5) is 2.41. The molecular weight excluding hydrogens is 310 g/mol. The third kappa shape index (κ3) is 4.40. The largest absolute Gasteiger partial charge is 0.490 e. The van der Waals surface area contributed by atoms with E-state index < -0.39 is 0 Å². The molecule has 0 bridgehead atoms. The molecule has 1 aliphatic heterocycles. The Hall–Kier alpha value is -1.71. The highest BCUT2D eigenvalue weighted by Gasteiger charge is 2.20. The van der Waals surface area contributed by atoms with Crippen molar-refractivity contribution in [2.24, 2.45) is 0 Å². The molecule has 0 saturated carbocycles. The Kier molecular flexibility index (Phi) is 5.42. The highest BCUT2D eigenvalue weighted by molar-refractivity contribution is 6.30. The normalized spacial score (nSPS) is 18.1. The molecule has 0 unspecified atom stereocenters. The molecule has 1 fully saturated rings. The van der Waals surface area contributed by atoms with Crippen LogP contribution in [0.25, 0.3) is 0 Å². The summed E-state index contributed by atoms with van der Waals surface area (Å²) in [6.45, 7) is 1.89. The molecule has 1 heterocycles. The first-order valence-electron chi connectivity index (χ1n) is 8.08. The standard InChI is InChI=1S/C19H22ClNO2/c1-21-12-5-7-16(21)11-13-22-18-9-2-3-10-19(18)23-17-8-4-6-15(20)14-17/h2-4,6,8-10,14,16H,5,7,11-13H2,1H3/t16-/m0/s1. The van der Waals surface area contributed by atoms with Crippen LogP contribution in [0, 0.1) is 0 Å². The smallest absolute Gasteiger partial charge is 0.169 e. The molecule has 1 aliphatic rings. The summed E-state index contributed by atoms with van der Waals surface area (Å²) in [6, 6.07) is 15.8. The van der Waals surface area contributed by atoms with Gasteiger partial charge in [0.1, 0.15) is 5.75 Å². The fourth-order valence-corrected chi connectivity index (χ4v) is 3.14. The first kappa shape index (κ1) is 16.2. The summed E-state index contributed by atoms with van der Waals surface area (Å²) in [6.07, 6.45) is 3.60. The average molecular weight is 332 g/mol. The van der Waals surface area contributed by atoms with Gasteiger partial charge in [0.2, 0.25) is 0 Å². The molecule has 0 radical (unpaired) electrons. The fraction of sp³-hybridized carbons (Fsp3) is 0.368. The van der Waals surface area contributed by atoms with E-state index in [1.54, 1.807) is 6.07 Å². The van der Waals surface area contributed by atoms with Crippen molar-refractivity contribution in [1.29, 1.82) is 0 Å². The van der Waals surface area contributed by atoms with Crippen LogP contribution < -0.4 is 9.47 Å². The zero-order valence-corrected chi connectivity index (χ0v) is 14.1. The van der Waals surface area contributed by atoms with Crippen LogP contribution in [0.4, 0.5) is 0 Å². The highest BCUT2D eigenvalue weighted by atomic mass is 35.5. The van der Waals surface area contributed by atoms with E-state index in [0.717, 1.165) is 17.9 Å². The second kappa shape index (κ2) is 7.71. The van der Waals surface area contributed by atoms with Gasteiger partial charge in [-0.15, -0.1) is 0 Å². The van der Waals surface area contributed by atoms with Gasteiger partial charge in [-0.25, -0.2) is 0 Å². The second-order valence-corrected chi connectivity index (χ2v) is 6.36. The number of para-hydroxylation sites is 2. The average Bonchev–Trinajstić information content (AvgIpc) is 2.94. The first-order valence-corrected chi connectivity index (χ1v) is 8.45. The van der Waals surface area contributed by atoms with Crippen LogP contribution in [0.3, 0.4) is 0 Å². The van der Waals surface area contributed by atoms with E-state index in [1.807, 2.05) is 42.5 Å². The molecule has 3 rings (SSSR count). The monoisotopic (exact) mass is 331 g/mol. The van der Waals surface area contributed by atoms with Gasteiger partial charge in [-0.2, -0.15) is 0 Å². The molecule has 2 aromatic rings. The lowest BCUT2D eigenvalue weighted by atomic mass is 10.1. The van der Waals surface area contributed by atoms with E-state index in [0.29, 0.717) is 23.4 Å². The molecular formula is C19H22ClNO2. The number of benzene rings is 2. The molecule has 0 aromatic heterocycles. The lowest BCUT2D eigenvalue weighted by Gasteiger charge is -2.19. The van der Waals surface area contributed by atoms with E-state index >= 15 is 0 Å². The molecule has 0 spiro atoms. The van der Waals surface area contributed by atoms with Crippen LogP contribution in [-0.4, -0.2) is 31.1 Å². The molecule has 4 heteroatoms. The van der Waals surface area contributed by atoms with Crippen molar-refractivity contribution in [2.75, 3.05) is 20.2 Å². The van der Waals surface area contributed by atoms with Gasteiger partial charge in [0, 0.05) is 11.1 Å². The molecule has 0 amide bonds. The first-order chi connectivity index (χ1) is 11.2. The Morgan fingerprint density at radius 2 is 1.96 bits per heavy atom. The number of rotatable bonds is 6. The zero-order valence-electron chi connectivity index (χ0n) is 13.4. The summed E-state index contributed by atoms with van der Waals surface area (Å²) in [5.74, 6) is 2.20. The van der Waals surface area contributed by atoms with Gasteiger partial charge in [0.25, 0.3) is 0 Å². The maximum Gasteiger partial charge on any atom is 0.169 e. The van der Waals surface area contributed by atoms with E-state index in [-0.39, 0.29) is 0 Å². The number of halogens is 1. The van der Waals surface area contributed by atoms with Crippen LogP contribution in [0.5, 0.6) is 17.2 Å². The SMILES string of the molecule is CN1CCC[C@H]1CCOc1ccccc1Oc1cccc(Cl)c1. The van der Waals surface area contributed by atoms with Crippen LogP contribution in [0.2, 0.25) is 5.02 Å². The Bertz CT molecular complexity index is 647. The van der Waals surface area contributed by atoms with Crippen molar-refractivity contribution >= 4 is 11.6 Å². The van der Waals surface area contributed by atoms with Gasteiger partial charge in [0.05, 0.1) is 6.61 Å². The molecule has 3 nitrogen and oxygen atoms in total. The van der Waals surface area contributed by atoms with Gasteiger partial charge < -0.3 is 14.4 Å². The molecule has 1 saturated heterocycles. The Balaban J connectivity index is 1.61. The van der Waals surface area contributed by atoms with Crippen molar-refractivity contribution < 1.29 is 9.47 Å². The zero-order chi connectivity index (χ0) is 16.1. The van der Waals surface area contributed by atoms with E-state index in [1.165, 1.54) is 19.4 Å². The summed E-state index contributed by atoms with van der Waals surface area (Å²) in [7, 11) is 2.19. The van der Waals surface area contributed by atoms with Crippen LogP contribution in [0.1, 0.15) is 19.3 Å². The summed E-state index contributed by atoms with van der Waals surface area (Å²) in [5.41, 5.74) is 0. The van der Waals surface area contributed by atoms with Crippen molar-refractivity contribution in [1.82, 2.24) is 4.90 Å². The van der Waals surface area contributed by atoms with Gasteiger partial charge >= 0.3 is 0 Å². The minimum absolute atomic E-state index is 0.635. The maximum absolute atomic E-state index is 6.00. The number of ether oxygens (including phenoxy) is 2. The van der Waals surface area contributed by atoms with Crippen molar-refractivity contribution in [3.8, 4) is 17.2 Å². The van der Waals surface area contributed by atoms with Crippen molar-refractivity contribution in [3.05, 3.63) is 53.6 Å². The van der Waals surface area contributed by atoms with Crippen molar-refractivity contribution in [2.45, 2.75) is 25.3 Å². The Morgan fingerprint density at radius 1 is 1.13 bits per heavy atom. The fourth-order valence-electron chi connectivity index (χ4n) is 2.96. The summed E-state index contributed by atoms with van der Waals surface area (Å²) < 4.78 is 11.9. The molecule has 1 atom stereocenters. The van der Waals surface area contributed by atoms with E-state index in [9.17, 15) is 0 Å². The van der Waals surface area contributed by atoms with Crippen molar-refractivity contribution in [3.63, 3.8) is 0 Å². The minimum Gasteiger partial charge on any atom is -0.490 e. The molecule has 122 valence electrons. The Labute approximate surface area is 142 Å². The van der Waals surface area contributed by atoms with Crippen LogP contribution in [-0.2, 0) is 0 Å². The van der Waals surface area contributed by atoms with Gasteiger partial charge in [0.15, 0.2) is 11.5 Å². The third-order valence-corrected chi connectivity index (χ3v) is 4.49. The maximum atomic E-state index is 6.00. The topological polar surface area (TPSA) is 21.7 Å². The number of likely N-dealkylation sites (tertiary alicyclic amines) is 1. The highest BCUT2D eigenvalue weighted by Crippen LogP contribution is 2.32. The minimum atomic E-state index is 0.635. The third-order valence-electron chi connectivity index (χ3n) is 4.25. The number of nitrogens with zero attached hydrogens (tertiary/aromatic N) is 1. The molecule has 0 N–H and O–H groups in total. The summed E-state index contributed by atoms with van der Waals surface area (Å²) in [5, 5.41) is 0.658. The van der Waals surface area contributed by atoms with E-state index in [2.05, 4.69) is 11.9 Å². The molecule has 0 aliphatic carbocycles. The predicted octanol–water partition coefficient (Wildman–Crippen LogP) is 5.00. The lowest BCUT2D eigenvalue weighted by molar-refractivity contribution is 0.229. The number of hydrogen-bond donors (Lipinski definition) is 0. The molecule has 23 heavy (non-hydrogen) atoms.